The van der Waals surface area contributed by atoms with E-state index in [1.807, 2.05) is 0 Å². The normalized spacial score (nSPS) is 20.4. The highest BCUT2D eigenvalue weighted by Crippen LogP contribution is 2.29. The summed E-state index contributed by atoms with van der Waals surface area (Å²) in [7, 11) is 0. The van der Waals surface area contributed by atoms with Crippen molar-refractivity contribution in [2.75, 3.05) is 17.2 Å². The number of H-pyrrole nitrogens is 1. The van der Waals surface area contributed by atoms with Crippen molar-refractivity contribution in [1.29, 1.82) is 0 Å². The fourth-order valence-corrected chi connectivity index (χ4v) is 1.71. The Hall–Kier alpha value is -2.05. The van der Waals surface area contributed by atoms with Gasteiger partial charge in [0, 0.05) is 13.0 Å². The molecular weight excluding hydrogens is 212 g/mol. The maximum atomic E-state index is 11.6. The van der Waals surface area contributed by atoms with Crippen LogP contribution >= 0.6 is 0 Å². The number of nitrogens with one attached hydrogen (secondary N) is 1. The molecule has 0 aromatic carbocycles. The van der Waals surface area contributed by atoms with Crippen molar-refractivity contribution in [3.05, 3.63) is 5.69 Å². The molecule has 16 heavy (non-hydrogen) atoms. The second-order valence-electron chi connectivity index (χ2n) is 3.83. The van der Waals surface area contributed by atoms with Gasteiger partial charge in [0.15, 0.2) is 5.82 Å². The molecule has 1 saturated heterocycles. The first kappa shape index (κ1) is 10.5. The number of aliphatic carboxylic acids is 1. The van der Waals surface area contributed by atoms with Gasteiger partial charge in [-0.2, -0.15) is 5.10 Å². The second kappa shape index (κ2) is 3.51. The number of carbonyl (C=O) groups excluding carboxylic acids is 1. The van der Waals surface area contributed by atoms with Gasteiger partial charge in [-0.15, -0.1) is 0 Å². The Morgan fingerprint density at radius 3 is 2.81 bits per heavy atom. The van der Waals surface area contributed by atoms with E-state index < -0.39 is 11.9 Å². The zero-order valence-electron chi connectivity index (χ0n) is 8.73. The molecule has 1 amide bonds. The Morgan fingerprint density at radius 1 is 1.69 bits per heavy atom. The lowest BCUT2D eigenvalue weighted by Crippen LogP contribution is -2.26. The van der Waals surface area contributed by atoms with Gasteiger partial charge in [0.05, 0.1) is 17.3 Å². The Bertz CT molecular complexity index is 454. The molecular formula is C9H12N4O3. The van der Waals surface area contributed by atoms with Gasteiger partial charge in [0.2, 0.25) is 5.91 Å². The highest BCUT2D eigenvalue weighted by Gasteiger charge is 2.37. The van der Waals surface area contributed by atoms with E-state index in [0.717, 1.165) is 0 Å². The van der Waals surface area contributed by atoms with Crippen LogP contribution in [0.15, 0.2) is 0 Å². The maximum Gasteiger partial charge on any atom is 0.308 e. The third-order valence-corrected chi connectivity index (χ3v) is 2.70. The van der Waals surface area contributed by atoms with Crippen LogP contribution in [0.3, 0.4) is 0 Å². The molecule has 4 N–H and O–H groups in total. The molecule has 1 fully saturated rings. The minimum Gasteiger partial charge on any atom is -0.481 e. The van der Waals surface area contributed by atoms with Crippen LogP contribution in [0.2, 0.25) is 0 Å². The molecule has 86 valence electrons. The summed E-state index contributed by atoms with van der Waals surface area (Å²) in [6.45, 7) is 1.86. The Morgan fingerprint density at radius 2 is 2.38 bits per heavy atom. The Balaban J connectivity index is 2.26. The lowest BCUT2D eigenvalue weighted by Gasteiger charge is -2.13. The van der Waals surface area contributed by atoms with Crippen molar-refractivity contribution in [2.24, 2.45) is 5.92 Å². The molecule has 2 heterocycles. The number of aromatic nitrogens is 2. The average molecular weight is 224 g/mol. The molecule has 1 aromatic rings. The van der Waals surface area contributed by atoms with Crippen LogP contribution in [0.1, 0.15) is 12.1 Å². The molecule has 0 bridgehead atoms. The number of nitrogen functional groups attached to an aromatic ring is 1. The molecule has 1 aliphatic rings. The predicted octanol–water partition coefficient (Wildman–Crippen LogP) is -0.262. The molecule has 0 spiro atoms. The number of nitrogens with zero attached hydrogens (tertiary/aromatic N) is 2. The summed E-state index contributed by atoms with van der Waals surface area (Å²) in [5.41, 5.74) is 6.79. The Kier molecular flexibility index (Phi) is 2.30. The number of aromatic amines is 1. The van der Waals surface area contributed by atoms with Gasteiger partial charge in [-0.1, -0.05) is 0 Å². The van der Waals surface area contributed by atoms with Gasteiger partial charge in [-0.3, -0.25) is 19.6 Å². The van der Waals surface area contributed by atoms with Crippen molar-refractivity contribution >= 4 is 23.4 Å². The van der Waals surface area contributed by atoms with E-state index in [-0.39, 0.29) is 18.9 Å². The molecule has 0 saturated carbocycles. The zero-order chi connectivity index (χ0) is 11.9. The Labute approximate surface area is 91.2 Å². The van der Waals surface area contributed by atoms with E-state index >= 15 is 0 Å². The molecule has 1 atom stereocenters. The minimum absolute atomic E-state index is 0.000676. The van der Waals surface area contributed by atoms with Gasteiger partial charge >= 0.3 is 5.97 Å². The third kappa shape index (κ3) is 1.50. The number of anilines is 2. The lowest BCUT2D eigenvalue weighted by atomic mass is 10.1. The first-order valence-electron chi connectivity index (χ1n) is 4.84. The minimum atomic E-state index is -0.971. The van der Waals surface area contributed by atoms with E-state index in [2.05, 4.69) is 10.2 Å². The summed E-state index contributed by atoms with van der Waals surface area (Å²) in [6.07, 6.45) is 0.000676. The van der Waals surface area contributed by atoms with E-state index in [0.29, 0.717) is 17.2 Å². The number of amides is 1. The van der Waals surface area contributed by atoms with Gasteiger partial charge in [0.25, 0.3) is 0 Å². The van der Waals surface area contributed by atoms with Gasteiger partial charge in [-0.05, 0) is 6.92 Å². The fraction of sp³-hybridized carbons (Fsp3) is 0.444. The molecule has 7 heteroatoms. The molecule has 2 rings (SSSR count). The quantitative estimate of drug-likeness (QED) is 0.640. The third-order valence-electron chi connectivity index (χ3n) is 2.70. The summed E-state index contributed by atoms with van der Waals surface area (Å²) in [6, 6.07) is 0. The van der Waals surface area contributed by atoms with Gasteiger partial charge in [0.1, 0.15) is 0 Å². The summed E-state index contributed by atoms with van der Waals surface area (Å²) < 4.78 is 0. The fourth-order valence-electron chi connectivity index (χ4n) is 1.71. The van der Waals surface area contributed by atoms with E-state index in [1.165, 1.54) is 4.90 Å². The predicted molar refractivity (Wildman–Crippen MR) is 55.8 cm³/mol. The van der Waals surface area contributed by atoms with Crippen LogP contribution in [-0.4, -0.2) is 33.7 Å². The van der Waals surface area contributed by atoms with Crippen LogP contribution < -0.4 is 10.6 Å². The average Bonchev–Trinajstić information content (AvgIpc) is 2.73. The molecule has 7 nitrogen and oxygen atoms in total. The molecule has 0 radical (unpaired) electrons. The van der Waals surface area contributed by atoms with Crippen LogP contribution in [0.25, 0.3) is 0 Å². The van der Waals surface area contributed by atoms with E-state index in [1.54, 1.807) is 6.92 Å². The second-order valence-corrected chi connectivity index (χ2v) is 3.83. The first-order valence-corrected chi connectivity index (χ1v) is 4.84. The van der Waals surface area contributed by atoms with Crippen molar-refractivity contribution in [2.45, 2.75) is 13.3 Å². The number of nitrogens with two attached hydrogens (primary N) is 1. The van der Waals surface area contributed by atoms with Crippen molar-refractivity contribution in [3.63, 3.8) is 0 Å². The van der Waals surface area contributed by atoms with Gasteiger partial charge < -0.3 is 10.8 Å². The van der Waals surface area contributed by atoms with Crippen molar-refractivity contribution in [3.8, 4) is 0 Å². The molecule has 1 aliphatic heterocycles. The van der Waals surface area contributed by atoms with Crippen molar-refractivity contribution in [1.82, 2.24) is 10.2 Å². The maximum absolute atomic E-state index is 11.6. The number of hydrogen-bond donors (Lipinski definition) is 3. The van der Waals surface area contributed by atoms with E-state index in [4.69, 9.17) is 10.8 Å². The monoisotopic (exact) mass is 224 g/mol. The SMILES string of the molecule is Cc1[nH]nc(N2CC(C(=O)O)CC2=O)c1N. The van der Waals surface area contributed by atoms with Crippen LogP contribution in [0.4, 0.5) is 11.5 Å². The zero-order valence-corrected chi connectivity index (χ0v) is 8.73. The number of carboxylic acids is 1. The lowest BCUT2D eigenvalue weighted by molar-refractivity contribution is -0.141. The summed E-state index contributed by atoms with van der Waals surface area (Å²) in [5.74, 6) is -1.58. The van der Waals surface area contributed by atoms with Crippen LogP contribution in [-0.2, 0) is 9.59 Å². The van der Waals surface area contributed by atoms with Gasteiger partial charge in [-0.25, -0.2) is 0 Å². The number of rotatable bonds is 2. The molecule has 1 aromatic heterocycles. The van der Waals surface area contributed by atoms with E-state index in [9.17, 15) is 9.59 Å². The number of carbonyl (C=O) groups is 2. The highest BCUT2D eigenvalue weighted by atomic mass is 16.4. The molecule has 0 aliphatic carbocycles. The highest BCUT2D eigenvalue weighted by molar-refractivity contribution is 6.00. The number of carboxylic acid groups (broad SMARTS) is 1. The summed E-state index contributed by atoms with van der Waals surface area (Å²) >= 11 is 0. The van der Waals surface area contributed by atoms with Crippen molar-refractivity contribution < 1.29 is 14.7 Å². The summed E-state index contributed by atoms with van der Waals surface area (Å²) in [4.78, 5) is 23.7. The summed E-state index contributed by atoms with van der Waals surface area (Å²) in [5, 5.41) is 15.4. The van der Waals surface area contributed by atoms with Crippen LogP contribution in [0.5, 0.6) is 0 Å². The number of hydrogen-bond acceptors (Lipinski definition) is 4. The smallest absolute Gasteiger partial charge is 0.308 e. The standard InChI is InChI=1S/C9H12N4O3/c1-4-7(10)8(12-11-4)13-3-5(9(15)16)2-6(13)14/h5H,2-3,10H2,1H3,(H,11,12)(H,15,16). The molecule has 1 unspecified atom stereocenters. The largest absolute Gasteiger partial charge is 0.481 e. The number of aryl methyl sites for hydroxylation is 1. The van der Waals surface area contributed by atoms with Crippen LogP contribution in [0, 0.1) is 12.8 Å². The topological polar surface area (TPSA) is 112 Å². The first-order chi connectivity index (χ1) is 7.50.